The van der Waals surface area contributed by atoms with E-state index in [1.165, 1.54) is 18.2 Å². The van der Waals surface area contributed by atoms with Crippen molar-refractivity contribution in [1.29, 1.82) is 0 Å². The summed E-state index contributed by atoms with van der Waals surface area (Å²) in [6.45, 7) is 3.66. The van der Waals surface area contributed by atoms with Gasteiger partial charge in [0.15, 0.2) is 0 Å². The zero-order valence-corrected chi connectivity index (χ0v) is 12.1. The number of nitrogens with zero attached hydrogens (tertiary/aromatic N) is 1. The van der Waals surface area contributed by atoms with Gasteiger partial charge in [0, 0.05) is 23.7 Å². The summed E-state index contributed by atoms with van der Waals surface area (Å²) in [5, 5.41) is 13.5. The van der Waals surface area contributed by atoms with E-state index < -0.39 is 4.92 Å². The molecule has 0 radical (unpaired) electrons. The van der Waals surface area contributed by atoms with Gasteiger partial charge in [0.05, 0.1) is 4.92 Å². The summed E-state index contributed by atoms with van der Waals surface area (Å²) in [5.74, 6) is 0.807. The molecule has 1 rings (SSSR count). The molecule has 0 bridgehead atoms. The molecule has 1 amide bonds. The summed E-state index contributed by atoms with van der Waals surface area (Å²) in [7, 11) is 0. The van der Waals surface area contributed by atoms with Crippen LogP contribution >= 0.6 is 11.8 Å². The molecule has 1 N–H and O–H groups in total. The molecule has 0 fully saturated rings. The van der Waals surface area contributed by atoms with Gasteiger partial charge < -0.3 is 5.32 Å². The number of rotatable bonds is 6. The number of nitrogens with one attached hydrogen (secondary N) is 1. The van der Waals surface area contributed by atoms with E-state index >= 15 is 0 Å². The van der Waals surface area contributed by atoms with Gasteiger partial charge in [-0.25, -0.2) is 0 Å². The van der Waals surface area contributed by atoms with Crippen LogP contribution in [-0.2, 0) is 0 Å². The average Bonchev–Trinajstić information content (AvgIpc) is 2.35. The SMILES string of the molecule is CSCCC(C)NC(=O)c1ccc([N+](=O)[O-])cc1C. The van der Waals surface area contributed by atoms with Gasteiger partial charge in [-0.1, -0.05) is 0 Å². The lowest BCUT2D eigenvalue weighted by Crippen LogP contribution is -2.33. The first-order valence-electron chi connectivity index (χ1n) is 6.00. The van der Waals surface area contributed by atoms with Crippen molar-refractivity contribution in [3.63, 3.8) is 0 Å². The zero-order valence-electron chi connectivity index (χ0n) is 11.3. The highest BCUT2D eigenvalue weighted by Crippen LogP contribution is 2.17. The van der Waals surface area contributed by atoms with Crippen LogP contribution in [0.4, 0.5) is 5.69 Å². The van der Waals surface area contributed by atoms with Crippen LogP contribution in [0.1, 0.15) is 29.3 Å². The van der Waals surface area contributed by atoms with Gasteiger partial charge in [0.25, 0.3) is 11.6 Å². The highest BCUT2D eigenvalue weighted by atomic mass is 32.2. The van der Waals surface area contributed by atoms with E-state index in [-0.39, 0.29) is 17.6 Å². The lowest BCUT2D eigenvalue weighted by molar-refractivity contribution is -0.384. The van der Waals surface area contributed by atoms with Crippen molar-refractivity contribution < 1.29 is 9.72 Å². The highest BCUT2D eigenvalue weighted by Gasteiger charge is 2.15. The molecule has 0 aliphatic heterocycles. The van der Waals surface area contributed by atoms with E-state index in [2.05, 4.69) is 5.32 Å². The second-order valence-corrected chi connectivity index (χ2v) is 5.40. The Bertz CT molecular complexity index is 477. The van der Waals surface area contributed by atoms with E-state index in [1.807, 2.05) is 13.2 Å². The normalized spacial score (nSPS) is 11.9. The fourth-order valence-electron chi connectivity index (χ4n) is 1.68. The Hall–Kier alpha value is -1.56. The minimum absolute atomic E-state index is 0.00415. The molecule has 0 aliphatic carbocycles. The average molecular weight is 282 g/mol. The Morgan fingerprint density at radius 3 is 2.74 bits per heavy atom. The van der Waals surface area contributed by atoms with Crippen LogP contribution in [0, 0.1) is 17.0 Å². The van der Waals surface area contributed by atoms with Gasteiger partial charge >= 0.3 is 0 Å². The number of thioether (sulfide) groups is 1. The molecule has 1 unspecified atom stereocenters. The summed E-state index contributed by atoms with van der Waals surface area (Å²) in [5.41, 5.74) is 1.11. The summed E-state index contributed by atoms with van der Waals surface area (Å²) in [6, 6.07) is 4.37. The third kappa shape index (κ3) is 4.55. The van der Waals surface area contributed by atoms with E-state index in [0.717, 1.165) is 12.2 Å². The number of non-ortho nitro benzene ring substituents is 1. The fraction of sp³-hybridized carbons (Fsp3) is 0.462. The number of amides is 1. The van der Waals surface area contributed by atoms with E-state index in [9.17, 15) is 14.9 Å². The number of carbonyl (C=O) groups is 1. The Morgan fingerprint density at radius 2 is 2.21 bits per heavy atom. The number of hydrogen-bond donors (Lipinski definition) is 1. The van der Waals surface area contributed by atoms with Crippen LogP contribution in [0.2, 0.25) is 0 Å². The number of aryl methyl sites for hydroxylation is 1. The molecule has 19 heavy (non-hydrogen) atoms. The molecule has 1 atom stereocenters. The van der Waals surface area contributed by atoms with Gasteiger partial charge in [0.1, 0.15) is 0 Å². The third-order valence-electron chi connectivity index (χ3n) is 2.80. The maximum atomic E-state index is 12.0. The van der Waals surface area contributed by atoms with Crippen molar-refractivity contribution in [3.8, 4) is 0 Å². The quantitative estimate of drug-likeness (QED) is 0.643. The highest BCUT2D eigenvalue weighted by molar-refractivity contribution is 7.98. The molecule has 0 aromatic heterocycles. The summed E-state index contributed by atoms with van der Waals surface area (Å²) in [6.07, 6.45) is 2.92. The molecule has 0 aliphatic rings. The number of nitro groups is 1. The summed E-state index contributed by atoms with van der Waals surface area (Å²) in [4.78, 5) is 22.2. The molecule has 0 saturated carbocycles. The standard InChI is InChI=1S/C13H18N2O3S/c1-9-8-11(15(17)18)4-5-12(9)13(16)14-10(2)6-7-19-3/h4-5,8,10H,6-7H2,1-3H3,(H,14,16). The third-order valence-corrected chi connectivity index (χ3v) is 3.44. The van der Waals surface area contributed by atoms with Crippen molar-refractivity contribution in [3.05, 3.63) is 39.4 Å². The zero-order chi connectivity index (χ0) is 14.4. The molecule has 104 valence electrons. The Morgan fingerprint density at radius 1 is 1.53 bits per heavy atom. The minimum atomic E-state index is -0.463. The maximum Gasteiger partial charge on any atom is 0.269 e. The van der Waals surface area contributed by atoms with Crippen LogP contribution in [0.25, 0.3) is 0 Å². The second-order valence-electron chi connectivity index (χ2n) is 4.41. The maximum absolute atomic E-state index is 12.0. The van der Waals surface area contributed by atoms with Crippen molar-refractivity contribution >= 4 is 23.4 Å². The predicted octanol–water partition coefficient (Wildman–Crippen LogP) is 2.77. The first kappa shape index (κ1) is 15.5. The second kappa shape index (κ2) is 7.13. The largest absolute Gasteiger partial charge is 0.350 e. The van der Waals surface area contributed by atoms with Gasteiger partial charge in [0.2, 0.25) is 0 Å². The topological polar surface area (TPSA) is 72.2 Å². The molecular formula is C13H18N2O3S. The molecule has 0 spiro atoms. The number of benzene rings is 1. The predicted molar refractivity (Wildman–Crippen MR) is 77.8 cm³/mol. The first-order valence-corrected chi connectivity index (χ1v) is 7.40. The lowest BCUT2D eigenvalue weighted by Gasteiger charge is -2.14. The minimum Gasteiger partial charge on any atom is -0.350 e. The molecule has 0 saturated heterocycles. The number of nitro benzene ring substituents is 1. The molecule has 5 nitrogen and oxygen atoms in total. The number of carbonyl (C=O) groups excluding carboxylic acids is 1. The van der Waals surface area contributed by atoms with Crippen LogP contribution < -0.4 is 5.32 Å². The summed E-state index contributed by atoms with van der Waals surface area (Å²) < 4.78 is 0. The molecular weight excluding hydrogens is 264 g/mol. The van der Waals surface area contributed by atoms with E-state index in [0.29, 0.717) is 11.1 Å². The Balaban J connectivity index is 2.74. The smallest absolute Gasteiger partial charge is 0.269 e. The van der Waals surface area contributed by atoms with Gasteiger partial charge in [-0.05, 0) is 43.9 Å². The monoisotopic (exact) mass is 282 g/mol. The van der Waals surface area contributed by atoms with Crippen molar-refractivity contribution in [2.45, 2.75) is 26.3 Å². The molecule has 1 aromatic rings. The van der Waals surface area contributed by atoms with Gasteiger partial charge in [-0.2, -0.15) is 11.8 Å². The first-order chi connectivity index (χ1) is 8.95. The van der Waals surface area contributed by atoms with Crippen molar-refractivity contribution in [2.75, 3.05) is 12.0 Å². The van der Waals surface area contributed by atoms with Crippen LogP contribution in [0.3, 0.4) is 0 Å². The number of hydrogen-bond acceptors (Lipinski definition) is 4. The molecule has 1 aromatic carbocycles. The molecule has 6 heteroatoms. The Kier molecular flexibility index (Phi) is 5.82. The van der Waals surface area contributed by atoms with Gasteiger partial charge in [-0.15, -0.1) is 0 Å². The lowest BCUT2D eigenvalue weighted by atomic mass is 10.1. The fourth-order valence-corrected chi connectivity index (χ4v) is 2.27. The molecule has 0 heterocycles. The van der Waals surface area contributed by atoms with Gasteiger partial charge in [-0.3, -0.25) is 14.9 Å². The van der Waals surface area contributed by atoms with Crippen molar-refractivity contribution in [2.24, 2.45) is 0 Å². The van der Waals surface area contributed by atoms with E-state index in [1.54, 1.807) is 18.7 Å². The Labute approximate surface area is 116 Å². The van der Waals surface area contributed by atoms with Crippen molar-refractivity contribution in [1.82, 2.24) is 5.32 Å². The van der Waals surface area contributed by atoms with Crippen LogP contribution in [0.15, 0.2) is 18.2 Å². The van der Waals surface area contributed by atoms with Crippen LogP contribution in [-0.4, -0.2) is 28.9 Å². The van der Waals surface area contributed by atoms with E-state index in [4.69, 9.17) is 0 Å². The summed E-state index contributed by atoms with van der Waals surface area (Å²) >= 11 is 1.73. The van der Waals surface area contributed by atoms with Crippen LogP contribution in [0.5, 0.6) is 0 Å².